The van der Waals surface area contributed by atoms with Gasteiger partial charge in [0.1, 0.15) is 4.90 Å². The summed E-state index contributed by atoms with van der Waals surface area (Å²) in [5.74, 6) is 0. The van der Waals surface area contributed by atoms with Crippen LogP contribution in [0.3, 0.4) is 0 Å². The van der Waals surface area contributed by atoms with E-state index in [-0.39, 0.29) is 14.9 Å². The average Bonchev–Trinajstić information content (AvgIpc) is 2.94. The Bertz CT molecular complexity index is 1020. The first kappa shape index (κ1) is 18.1. The third-order valence-corrected chi connectivity index (χ3v) is 5.60. The van der Waals surface area contributed by atoms with Crippen LogP contribution in [0.4, 0.5) is 5.69 Å². The standard InChI is InChI=1S/C16H12Cl3N3O2S/c17-12-4-5-15(19)16(7-12)25(23,24)21-14-3-1-2-11(6-14)9-22-10-13(18)8-20-22/h1-8,10,21H,9H2. The monoisotopic (exact) mass is 415 g/mol. The highest BCUT2D eigenvalue weighted by atomic mass is 35.5. The van der Waals surface area contributed by atoms with Crippen LogP contribution in [0.5, 0.6) is 0 Å². The van der Waals surface area contributed by atoms with Crippen LogP contribution in [0, 0.1) is 0 Å². The number of sulfonamides is 1. The molecule has 3 rings (SSSR count). The maximum absolute atomic E-state index is 12.6. The lowest BCUT2D eigenvalue weighted by atomic mass is 10.2. The van der Waals surface area contributed by atoms with Crippen molar-refractivity contribution in [2.75, 3.05) is 4.72 Å². The molecule has 3 aromatic rings. The third-order valence-electron chi connectivity index (χ3n) is 3.31. The van der Waals surface area contributed by atoms with Crippen molar-refractivity contribution in [1.29, 1.82) is 0 Å². The van der Waals surface area contributed by atoms with Crippen LogP contribution in [0.1, 0.15) is 5.56 Å². The van der Waals surface area contributed by atoms with E-state index in [1.54, 1.807) is 29.1 Å². The number of aromatic nitrogens is 2. The van der Waals surface area contributed by atoms with Crippen molar-refractivity contribution in [2.45, 2.75) is 11.4 Å². The molecule has 0 fully saturated rings. The largest absolute Gasteiger partial charge is 0.280 e. The maximum atomic E-state index is 12.6. The fourth-order valence-electron chi connectivity index (χ4n) is 2.24. The first-order chi connectivity index (χ1) is 11.8. The molecular formula is C16H12Cl3N3O2S. The number of hydrogen-bond donors (Lipinski definition) is 1. The van der Waals surface area contributed by atoms with Crippen molar-refractivity contribution in [3.05, 3.63) is 75.5 Å². The van der Waals surface area contributed by atoms with E-state index >= 15 is 0 Å². The van der Waals surface area contributed by atoms with E-state index in [0.29, 0.717) is 17.3 Å². The number of hydrogen-bond acceptors (Lipinski definition) is 3. The molecule has 0 saturated heterocycles. The van der Waals surface area contributed by atoms with Gasteiger partial charge in [0, 0.05) is 16.9 Å². The van der Waals surface area contributed by atoms with Gasteiger partial charge in [0.15, 0.2) is 0 Å². The van der Waals surface area contributed by atoms with Gasteiger partial charge in [-0.2, -0.15) is 5.10 Å². The van der Waals surface area contributed by atoms with E-state index in [9.17, 15) is 8.42 Å². The minimum atomic E-state index is -3.86. The molecule has 0 bridgehead atoms. The second-order valence-corrected chi connectivity index (χ2v) is 8.17. The van der Waals surface area contributed by atoms with E-state index in [1.165, 1.54) is 24.4 Å². The summed E-state index contributed by atoms with van der Waals surface area (Å²) in [6, 6.07) is 11.2. The summed E-state index contributed by atoms with van der Waals surface area (Å²) in [6.45, 7) is 0.459. The Morgan fingerprint density at radius 3 is 2.56 bits per heavy atom. The Balaban J connectivity index is 1.85. The molecule has 0 amide bonds. The molecule has 0 aliphatic carbocycles. The Labute approximate surface area is 160 Å². The molecule has 5 nitrogen and oxygen atoms in total. The molecule has 25 heavy (non-hydrogen) atoms. The predicted octanol–water partition coefficient (Wildman–Crippen LogP) is 4.69. The zero-order chi connectivity index (χ0) is 18.0. The maximum Gasteiger partial charge on any atom is 0.263 e. The van der Waals surface area contributed by atoms with Gasteiger partial charge in [-0.3, -0.25) is 9.40 Å². The van der Waals surface area contributed by atoms with E-state index in [4.69, 9.17) is 34.8 Å². The minimum absolute atomic E-state index is 0.0778. The second kappa shape index (κ2) is 7.25. The van der Waals surface area contributed by atoms with E-state index < -0.39 is 10.0 Å². The van der Waals surface area contributed by atoms with Crippen LogP contribution in [0.15, 0.2) is 59.8 Å². The number of halogens is 3. The van der Waals surface area contributed by atoms with Crippen molar-refractivity contribution >= 4 is 50.5 Å². The molecule has 0 aliphatic heterocycles. The predicted molar refractivity (Wildman–Crippen MR) is 100 cm³/mol. The van der Waals surface area contributed by atoms with Crippen molar-refractivity contribution in [2.24, 2.45) is 0 Å². The van der Waals surface area contributed by atoms with Crippen molar-refractivity contribution in [3.63, 3.8) is 0 Å². The van der Waals surface area contributed by atoms with Crippen molar-refractivity contribution in [1.82, 2.24) is 9.78 Å². The van der Waals surface area contributed by atoms with Crippen molar-refractivity contribution in [3.8, 4) is 0 Å². The Morgan fingerprint density at radius 1 is 1.04 bits per heavy atom. The van der Waals surface area contributed by atoms with Gasteiger partial charge in [-0.1, -0.05) is 46.9 Å². The lowest BCUT2D eigenvalue weighted by Gasteiger charge is -2.11. The summed E-state index contributed by atoms with van der Waals surface area (Å²) >= 11 is 17.7. The smallest absolute Gasteiger partial charge is 0.263 e. The van der Waals surface area contributed by atoms with Gasteiger partial charge in [0.2, 0.25) is 0 Å². The Hall–Kier alpha value is -1.73. The number of nitrogens with zero attached hydrogens (tertiary/aromatic N) is 2. The lowest BCUT2D eigenvalue weighted by Crippen LogP contribution is -2.13. The topological polar surface area (TPSA) is 64.0 Å². The van der Waals surface area contributed by atoms with Gasteiger partial charge in [-0.15, -0.1) is 0 Å². The molecule has 1 N–H and O–H groups in total. The molecule has 1 heterocycles. The fourth-order valence-corrected chi connectivity index (χ4v) is 4.21. The Kier molecular flexibility index (Phi) is 5.24. The summed E-state index contributed by atoms with van der Waals surface area (Å²) in [6.07, 6.45) is 3.22. The molecule has 0 spiro atoms. The molecule has 130 valence electrons. The summed E-state index contributed by atoms with van der Waals surface area (Å²) in [5, 5.41) is 5.02. The SMILES string of the molecule is O=S(=O)(Nc1cccc(Cn2cc(Cl)cn2)c1)c1cc(Cl)ccc1Cl. The molecule has 2 aromatic carbocycles. The van der Waals surface area contributed by atoms with Crippen LogP contribution < -0.4 is 4.72 Å². The summed E-state index contributed by atoms with van der Waals surface area (Å²) in [4.78, 5) is -0.0778. The Morgan fingerprint density at radius 2 is 1.84 bits per heavy atom. The lowest BCUT2D eigenvalue weighted by molar-refractivity contribution is 0.601. The number of rotatable bonds is 5. The summed E-state index contributed by atoms with van der Waals surface area (Å²) < 4.78 is 29.3. The summed E-state index contributed by atoms with van der Waals surface area (Å²) in [7, 11) is -3.86. The molecule has 0 atom stereocenters. The molecular weight excluding hydrogens is 405 g/mol. The van der Waals surface area contributed by atoms with E-state index in [1.807, 2.05) is 6.07 Å². The van der Waals surface area contributed by atoms with Gasteiger partial charge in [-0.05, 0) is 35.9 Å². The zero-order valence-electron chi connectivity index (χ0n) is 12.7. The molecule has 0 radical (unpaired) electrons. The molecule has 1 aromatic heterocycles. The molecule has 0 aliphatic rings. The number of nitrogens with one attached hydrogen (secondary N) is 1. The van der Waals surface area contributed by atoms with Crippen LogP contribution in [-0.2, 0) is 16.6 Å². The normalized spacial score (nSPS) is 11.5. The fraction of sp³-hybridized carbons (Fsp3) is 0.0625. The third kappa shape index (κ3) is 4.46. The van der Waals surface area contributed by atoms with Gasteiger partial charge < -0.3 is 0 Å². The second-order valence-electron chi connectivity index (χ2n) is 5.24. The highest BCUT2D eigenvalue weighted by molar-refractivity contribution is 7.92. The molecule has 0 unspecified atom stereocenters. The highest BCUT2D eigenvalue weighted by Crippen LogP contribution is 2.27. The quantitative estimate of drug-likeness (QED) is 0.656. The van der Waals surface area contributed by atoms with E-state index in [2.05, 4.69) is 9.82 Å². The van der Waals surface area contributed by atoms with Crippen LogP contribution >= 0.6 is 34.8 Å². The van der Waals surface area contributed by atoms with Crippen molar-refractivity contribution < 1.29 is 8.42 Å². The van der Waals surface area contributed by atoms with E-state index in [0.717, 1.165) is 5.56 Å². The first-order valence-electron chi connectivity index (χ1n) is 7.08. The van der Waals surface area contributed by atoms with Gasteiger partial charge in [0.25, 0.3) is 10.0 Å². The number of benzene rings is 2. The van der Waals surface area contributed by atoms with Crippen LogP contribution in [0.25, 0.3) is 0 Å². The van der Waals surface area contributed by atoms with Gasteiger partial charge in [-0.25, -0.2) is 8.42 Å². The zero-order valence-corrected chi connectivity index (χ0v) is 15.7. The molecule has 0 saturated carbocycles. The van der Waals surface area contributed by atoms with Gasteiger partial charge >= 0.3 is 0 Å². The van der Waals surface area contributed by atoms with Gasteiger partial charge in [0.05, 0.1) is 22.8 Å². The van der Waals surface area contributed by atoms with Crippen LogP contribution in [-0.4, -0.2) is 18.2 Å². The first-order valence-corrected chi connectivity index (χ1v) is 9.70. The summed E-state index contributed by atoms with van der Waals surface area (Å²) in [5.41, 5.74) is 1.27. The highest BCUT2D eigenvalue weighted by Gasteiger charge is 2.18. The number of anilines is 1. The van der Waals surface area contributed by atoms with Crippen LogP contribution in [0.2, 0.25) is 15.1 Å². The molecule has 9 heteroatoms. The minimum Gasteiger partial charge on any atom is -0.280 e. The average molecular weight is 417 g/mol.